The van der Waals surface area contributed by atoms with Gasteiger partial charge < -0.3 is 16.2 Å². The molecule has 0 saturated heterocycles. The number of benzene rings is 1. The van der Waals surface area contributed by atoms with Gasteiger partial charge in [-0.2, -0.15) is 10.1 Å². The average Bonchev–Trinajstić information content (AvgIpc) is 3.00. The molecule has 4 N–H and O–H groups in total. The Morgan fingerprint density at radius 2 is 2.27 bits per heavy atom. The van der Waals surface area contributed by atoms with Gasteiger partial charge in [-0.3, -0.25) is 14.9 Å². The zero-order valence-electron chi connectivity index (χ0n) is 14.0. The van der Waals surface area contributed by atoms with Crippen molar-refractivity contribution in [2.24, 2.45) is 5.73 Å². The number of aromatic nitrogens is 3. The molecule has 136 valence electrons. The standard InChI is InChI=1S/C16H18N6O4/c1-9-13(15(17)24)14(10-4-2-5-11(8-10)22(25)26)21-16(18-9)19-12(20-21)6-3-7-23/h2,4-5,8,14,23H,3,6-7H2,1H3,(H2,17,24)(H,18,19,20). The number of allylic oxidation sites excluding steroid dienone is 1. The second-order valence-electron chi connectivity index (χ2n) is 5.91. The van der Waals surface area contributed by atoms with E-state index in [1.54, 1.807) is 19.1 Å². The number of non-ortho nitro benzene ring substituents is 1. The highest BCUT2D eigenvalue weighted by atomic mass is 16.6. The van der Waals surface area contributed by atoms with Gasteiger partial charge in [0.15, 0.2) is 5.82 Å². The number of aryl methyl sites for hydroxylation is 1. The van der Waals surface area contributed by atoms with Crippen molar-refractivity contribution in [3.05, 3.63) is 57.0 Å². The van der Waals surface area contributed by atoms with Crippen LogP contribution in [0.1, 0.15) is 30.8 Å². The van der Waals surface area contributed by atoms with Crippen LogP contribution in [0.3, 0.4) is 0 Å². The average molecular weight is 358 g/mol. The highest BCUT2D eigenvalue weighted by Crippen LogP contribution is 2.35. The first-order valence-corrected chi connectivity index (χ1v) is 8.00. The van der Waals surface area contributed by atoms with Crippen LogP contribution in [0.4, 0.5) is 11.6 Å². The number of hydrogen-bond donors (Lipinski definition) is 3. The number of aliphatic hydroxyl groups excluding tert-OH is 1. The van der Waals surface area contributed by atoms with Crippen LogP contribution in [0.15, 0.2) is 35.5 Å². The number of hydrogen-bond acceptors (Lipinski definition) is 7. The Morgan fingerprint density at radius 1 is 1.50 bits per heavy atom. The largest absolute Gasteiger partial charge is 0.396 e. The normalized spacial score (nSPS) is 16.2. The van der Waals surface area contributed by atoms with Gasteiger partial charge in [0, 0.05) is 30.9 Å². The second kappa shape index (κ2) is 6.92. The van der Waals surface area contributed by atoms with Gasteiger partial charge >= 0.3 is 0 Å². The minimum absolute atomic E-state index is 0.00935. The number of nitrogens with one attached hydrogen (secondary N) is 1. The van der Waals surface area contributed by atoms with Crippen LogP contribution >= 0.6 is 0 Å². The lowest BCUT2D eigenvalue weighted by Crippen LogP contribution is -2.31. The molecular weight excluding hydrogens is 340 g/mol. The fourth-order valence-electron chi connectivity index (χ4n) is 2.97. The van der Waals surface area contributed by atoms with Crippen molar-refractivity contribution in [2.45, 2.75) is 25.8 Å². The number of carbonyl (C=O) groups is 1. The van der Waals surface area contributed by atoms with Gasteiger partial charge in [-0.05, 0) is 18.9 Å². The number of carbonyl (C=O) groups excluding carboxylic acids is 1. The zero-order valence-corrected chi connectivity index (χ0v) is 14.0. The predicted molar refractivity (Wildman–Crippen MR) is 92.2 cm³/mol. The molecule has 10 nitrogen and oxygen atoms in total. The lowest BCUT2D eigenvalue weighted by molar-refractivity contribution is -0.384. The van der Waals surface area contributed by atoms with E-state index in [-0.39, 0.29) is 17.9 Å². The molecule has 1 aromatic heterocycles. The maximum Gasteiger partial charge on any atom is 0.269 e. The molecule has 0 spiro atoms. The molecule has 10 heteroatoms. The van der Waals surface area contributed by atoms with Crippen molar-refractivity contribution < 1.29 is 14.8 Å². The van der Waals surface area contributed by atoms with Crippen LogP contribution < -0.4 is 11.1 Å². The first kappa shape index (κ1) is 17.5. The van der Waals surface area contributed by atoms with E-state index in [0.29, 0.717) is 35.9 Å². The van der Waals surface area contributed by atoms with E-state index in [0.717, 1.165) is 0 Å². The van der Waals surface area contributed by atoms with Crippen LogP contribution in [0.2, 0.25) is 0 Å². The topological polar surface area (TPSA) is 149 Å². The summed E-state index contributed by atoms with van der Waals surface area (Å²) in [5.41, 5.74) is 6.75. The number of nitrogens with two attached hydrogens (primary N) is 1. The van der Waals surface area contributed by atoms with Crippen molar-refractivity contribution in [3.8, 4) is 0 Å². The minimum atomic E-state index is -0.723. The predicted octanol–water partition coefficient (Wildman–Crippen LogP) is 0.885. The van der Waals surface area contributed by atoms with Gasteiger partial charge in [0.2, 0.25) is 11.9 Å². The van der Waals surface area contributed by atoms with E-state index >= 15 is 0 Å². The van der Waals surface area contributed by atoms with Crippen molar-refractivity contribution >= 4 is 17.5 Å². The molecule has 26 heavy (non-hydrogen) atoms. The summed E-state index contributed by atoms with van der Waals surface area (Å²) in [5, 5.41) is 27.5. The molecule has 1 aliphatic heterocycles. The SMILES string of the molecule is CC1=C(C(N)=O)C(c2cccc([N+](=O)[O-])c2)n2nc(CCCO)nc2N1. The lowest BCUT2D eigenvalue weighted by atomic mass is 9.95. The molecular formula is C16H18N6O4. The second-order valence-corrected chi connectivity index (χ2v) is 5.91. The van der Waals surface area contributed by atoms with Gasteiger partial charge in [0.25, 0.3) is 5.69 Å². The van der Waals surface area contributed by atoms with Gasteiger partial charge in [0.1, 0.15) is 6.04 Å². The summed E-state index contributed by atoms with van der Waals surface area (Å²) < 4.78 is 1.50. The van der Waals surface area contributed by atoms with Gasteiger partial charge in [-0.25, -0.2) is 4.68 Å². The number of amides is 1. The smallest absolute Gasteiger partial charge is 0.269 e. The van der Waals surface area contributed by atoms with Crippen molar-refractivity contribution in [1.29, 1.82) is 0 Å². The number of anilines is 1. The van der Waals surface area contributed by atoms with Gasteiger partial charge in [-0.15, -0.1) is 0 Å². The van der Waals surface area contributed by atoms with E-state index in [2.05, 4.69) is 15.4 Å². The molecule has 3 rings (SSSR count). The molecule has 0 radical (unpaired) electrons. The van der Waals surface area contributed by atoms with E-state index in [1.165, 1.54) is 16.8 Å². The van der Waals surface area contributed by atoms with Crippen molar-refractivity contribution in [3.63, 3.8) is 0 Å². The molecule has 1 unspecified atom stereocenters. The summed E-state index contributed by atoms with van der Waals surface area (Å²) in [7, 11) is 0. The maximum absolute atomic E-state index is 12.1. The summed E-state index contributed by atoms with van der Waals surface area (Å²) >= 11 is 0. The molecule has 2 aromatic rings. The molecule has 1 aromatic carbocycles. The maximum atomic E-state index is 12.1. The van der Waals surface area contributed by atoms with Gasteiger partial charge in [-0.1, -0.05) is 12.1 Å². The molecule has 1 aliphatic rings. The number of rotatable bonds is 6. The third-order valence-electron chi connectivity index (χ3n) is 4.12. The van der Waals surface area contributed by atoms with Crippen LogP contribution in [0.25, 0.3) is 0 Å². The quantitative estimate of drug-likeness (QED) is 0.512. The highest BCUT2D eigenvalue weighted by Gasteiger charge is 2.33. The van der Waals surface area contributed by atoms with Crippen LogP contribution in [-0.2, 0) is 11.2 Å². The number of primary amides is 1. The van der Waals surface area contributed by atoms with E-state index in [9.17, 15) is 14.9 Å². The third-order valence-corrected chi connectivity index (χ3v) is 4.12. The number of nitrogens with zero attached hydrogens (tertiary/aromatic N) is 4. The Hall–Kier alpha value is -3.27. The summed E-state index contributed by atoms with van der Waals surface area (Å²) in [6, 6.07) is 5.27. The number of fused-ring (bicyclic) bond motifs is 1. The first-order chi connectivity index (χ1) is 12.4. The number of aliphatic hydroxyl groups is 1. The molecule has 0 fully saturated rings. The summed E-state index contributed by atoms with van der Waals surface area (Å²) in [6.07, 6.45) is 0.963. The summed E-state index contributed by atoms with van der Waals surface area (Å²) in [6.45, 7) is 1.70. The number of nitro groups is 1. The summed E-state index contributed by atoms with van der Waals surface area (Å²) in [4.78, 5) is 27.0. The molecule has 0 bridgehead atoms. The van der Waals surface area contributed by atoms with Gasteiger partial charge in [0.05, 0.1) is 10.5 Å². The lowest BCUT2D eigenvalue weighted by Gasteiger charge is -2.27. The zero-order chi connectivity index (χ0) is 18.8. The minimum Gasteiger partial charge on any atom is -0.396 e. The molecule has 2 heterocycles. The number of nitro benzene ring substituents is 1. The molecule has 1 amide bonds. The van der Waals surface area contributed by atoms with E-state index in [4.69, 9.17) is 10.8 Å². The molecule has 0 aliphatic carbocycles. The van der Waals surface area contributed by atoms with Crippen molar-refractivity contribution in [2.75, 3.05) is 11.9 Å². The fraction of sp³-hybridized carbons (Fsp3) is 0.312. The summed E-state index contributed by atoms with van der Waals surface area (Å²) in [5.74, 6) is 0.261. The Kier molecular flexibility index (Phi) is 4.67. The first-order valence-electron chi connectivity index (χ1n) is 8.00. The third kappa shape index (κ3) is 3.14. The molecule has 1 atom stereocenters. The van der Waals surface area contributed by atoms with E-state index < -0.39 is 16.9 Å². The highest BCUT2D eigenvalue weighted by molar-refractivity contribution is 5.95. The van der Waals surface area contributed by atoms with E-state index in [1.807, 2.05) is 0 Å². The fourth-order valence-corrected chi connectivity index (χ4v) is 2.97. The Balaban J connectivity index is 2.13. The Labute approximate surface area is 148 Å². The molecule has 0 saturated carbocycles. The Bertz CT molecular complexity index is 904. The monoisotopic (exact) mass is 358 g/mol. The van der Waals surface area contributed by atoms with Crippen molar-refractivity contribution in [1.82, 2.24) is 14.8 Å². The Morgan fingerprint density at radius 3 is 2.92 bits per heavy atom. The van der Waals surface area contributed by atoms with Crippen LogP contribution in [0.5, 0.6) is 0 Å². The van der Waals surface area contributed by atoms with Crippen LogP contribution in [0, 0.1) is 10.1 Å². The van der Waals surface area contributed by atoms with Crippen LogP contribution in [-0.4, -0.2) is 37.3 Å².